The number of hydrogen-bond acceptors (Lipinski definition) is 3. The molecule has 0 aliphatic heterocycles. The van der Waals surface area contributed by atoms with Crippen LogP contribution < -0.4 is 14.8 Å². The molecule has 1 N–H and O–H groups in total. The van der Waals surface area contributed by atoms with Gasteiger partial charge in [0, 0.05) is 9.50 Å². The largest absolute Gasteiger partial charge is 0.493 e. The average molecular weight is 371 g/mol. The summed E-state index contributed by atoms with van der Waals surface area (Å²) < 4.78 is 11.6. The first kappa shape index (κ1) is 16.1. The maximum absolute atomic E-state index is 6.12. The third-order valence-corrected chi connectivity index (χ3v) is 4.26. The highest BCUT2D eigenvalue weighted by Gasteiger charge is 2.17. The summed E-state index contributed by atoms with van der Waals surface area (Å²) in [5, 5.41) is 4.01. The highest BCUT2D eigenvalue weighted by atomic mass is 79.9. The van der Waals surface area contributed by atoms with Gasteiger partial charge in [-0.3, -0.25) is 0 Å². The van der Waals surface area contributed by atoms with Gasteiger partial charge in [0.1, 0.15) is 0 Å². The van der Waals surface area contributed by atoms with E-state index in [2.05, 4.69) is 21.2 Å². The third kappa shape index (κ3) is 3.51. The molecule has 2 aromatic carbocycles. The van der Waals surface area contributed by atoms with E-state index in [1.54, 1.807) is 14.2 Å². The first-order valence-electron chi connectivity index (χ1n) is 6.44. The van der Waals surface area contributed by atoms with Crippen molar-refractivity contribution in [2.45, 2.75) is 6.04 Å². The van der Waals surface area contributed by atoms with Crippen LogP contribution in [0, 0.1) is 0 Å². The van der Waals surface area contributed by atoms with E-state index in [9.17, 15) is 0 Å². The van der Waals surface area contributed by atoms with Gasteiger partial charge in [0.25, 0.3) is 0 Å². The van der Waals surface area contributed by atoms with Gasteiger partial charge < -0.3 is 14.8 Å². The molecular weight excluding hydrogens is 354 g/mol. The SMILES string of the molecule is CNC(c1ccc(OC)c(OC)c1)c1cc(Cl)ccc1Br. The fraction of sp³-hybridized carbons (Fsp3) is 0.250. The van der Waals surface area contributed by atoms with E-state index in [-0.39, 0.29) is 6.04 Å². The van der Waals surface area contributed by atoms with Gasteiger partial charge in [0.05, 0.1) is 20.3 Å². The van der Waals surface area contributed by atoms with Crippen molar-refractivity contribution in [3.63, 3.8) is 0 Å². The minimum absolute atomic E-state index is 0.00196. The van der Waals surface area contributed by atoms with Gasteiger partial charge >= 0.3 is 0 Å². The molecule has 112 valence electrons. The second-order valence-electron chi connectivity index (χ2n) is 4.50. The molecule has 5 heteroatoms. The van der Waals surface area contributed by atoms with Crippen LogP contribution in [-0.4, -0.2) is 21.3 Å². The number of nitrogens with one attached hydrogen (secondary N) is 1. The zero-order chi connectivity index (χ0) is 15.4. The van der Waals surface area contributed by atoms with E-state index in [1.807, 2.05) is 43.4 Å². The summed E-state index contributed by atoms with van der Waals surface area (Å²) >= 11 is 9.70. The van der Waals surface area contributed by atoms with Crippen LogP contribution in [0.1, 0.15) is 17.2 Å². The van der Waals surface area contributed by atoms with Crippen molar-refractivity contribution in [2.24, 2.45) is 0 Å². The Balaban J connectivity index is 2.48. The van der Waals surface area contributed by atoms with Crippen LogP contribution in [-0.2, 0) is 0 Å². The molecule has 2 aromatic rings. The van der Waals surface area contributed by atoms with Crippen molar-refractivity contribution in [3.05, 3.63) is 57.0 Å². The molecule has 0 spiro atoms. The number of benzene rings is 2. The fourth-order valence-corrected chi connectivity index (χ4v) is 2.93. The second-order valence-corrected chi connectivity index (χ2v) is 5.79. The fourth-order valence-electron chi connectivity index (χ4n) is 2.27. The highest BCUT2D eigenvalue weighted by Crippen LogP contribution is 2.35. The normalized spacial score (nSPS) is 12.0. The topological polar surface area (TPSA) is 30.5 Å². The van der Waals surface area contributed by atoms with Gasteiger partial charge in [-0.25, -0.2) is 0 Å². The van der Waals surface area contributed by atoms with Crippen molar-refractivity contribution < 1.29 is 9.47 Å². The average Bonchev–Trinajstić information content (AvgIpc) is 2.51. The maximum Gasteiger partial charge on any atom is 0.161 e. The van der Waals surface area contributed by atoms with Gasteiger partial charge in [0.15, 0.2) is 11.5 Å². The number of methoxy groups -OCH3 is 2. The van der Waals surface area contributed by atoms with Gasteiger partial charge in [-0.2, -0.15) is 0 Å². The van der Waals surface area contributed by atoms with E-state index < -0.39 is 0 Å². The Hall–Kier alpha value is -1.23. The monoisotopic (exact) mass is 369 g/mol. The Labute approximate surface area is 138 Å². The van der Waals surface area contributed by atoms with Crippen molar-refractivity contribution in [1.29, 1.82) is 0 Å². The molecule has 0 fully saturated rings. The van der Waals surface area contributed by atoms with E-state index in [0.717, 1.165) is 15.6 Å². The second kappa shape index (κ2) is 7.16. The molecule has 1 unspecified atom stereocenters. The molecule has 0 aliphatic carbocycles. The van der Waals surface area contributed by atoms with E-state index in [0.29, 0.717) is 16.5 Å². The van der Waals surface area contributed by atoms with E-state index in [1.165, 1.54) is 0 Å². The quantitative estimate of drug-likeness (QED) is 0.844. The first-order chi connectivity index (χ1) is 10.1. The van der Waals surface area contributed by atoms with Crippen molar-refractivity contribution >= 4 is 27.5 Å². The Morgan fingerprint density at radius 2 is 1.76 bits per heavy atom. The number of hydrogen-bond donors (Lipinski definition) is 1. The summed E-state index contributed by atoms with van der Waals surface area (Å²) in [5.41, 5.74) is 2.13. The van der Waals surface area contributed by atoms with Gasteiger partial charge in [-0.1, -0.05) is 33.6 Å². The number of rotatable bonds is 5. The standard InChI is InChI=1S/C16H17BrClNO2/c1-19-16(12-9-11(18)5-6-13(12)17)10-4-7-14(20-2)15(8-10)21-3/h4-9,16,19H,1-3H3. The smallest absolute Gasteiger partial charge is 0.161 e. The summed E-state index contributed by atoms with van der Waals surface area (Å²) in [6.07, 6.45) is 0. The van der Waals surface area contributed by atoms with Crippen molar-refractivity contribution in [3.8, 4) is 11.5 Å². The Morgan fingerprint density at radius 3 is 2.38 bits per heavy atom. The highest BCUT2D eigenvalue weighted by molar-refractivity contribution is 9.10. The molecule has 0 saturated heterocycles. The Bertz CT molecular complexity index is 634. The summed E-state index contributed by atoms with van der Waals surface area (Å²) in [6.45, 7) is 0. The molecule has 0 aromatic heterocycles. The summed E-state index contributed by atoms with van der Waals surface area (Å²) in [7, 11) is 5.17. The molecule has 0 bridgehead atoms. The summed E-state index contributed by atoms with van der Waals surface area (Å²) in [4.78, 5) is 0. The van der Waals surface area contributed by atoms with Crippen LogP contribution in [0.5, 0.6) is 11.5 Å². The molecule has 2 rings (SSSR count). The number of halogens is 2. The van der Waals surface area contributed by atoms with Gasteiger partial charge in [-0.05, 0) is 48.5 Å². The maximum atomic E-state index is 6.12. The van der Waals surface area contributed by atoms with Crippen LogP contribution in [0.15, 0.2) is 40.9 Å². The van der Waals surface area contributed by atoms with Gasteiger partial charge in [-0.15, -0.1) is 0 Å². The predicted octanol–water partition coefficient (Wildman–Crippen LogP) is 4.43. The van der Waals surface area contributed by atoms with Gasteiger partial charge in [0.2, 0.25) is 0 Å². The molecule has 21 heavy (non-hydrogen) atoms. The number of ether oxygens (including phenoxy) is 2. The molecular formula is C16H17BrClNO2. The van der Waals surface area contributed by atoms with E-state index in [4.69, 9.17) is 21.1 Å². The summed E-state index contributed by atoms with van der Waals surface area (Å²) in [5.74, 6) is 1.41. The molecule has 0 radical (unpaired) electrons. The lowest BCUT2D eigenvalue weighted by molar-refractivity contribution is 0.354. The zero-order valence-corrected chi connectivity index (χ0v) is 14.5. The molecule has 3 nitrogen and oxygen atoms in total. The summed E-state index contributed by atoms with van der Waals surface area (Å²) in [6, 6.07) is 11.6. The van der Waals surface area contributed by atoms with Crippen LogP contribution in [0.4, 0.5) is 0 Å². The minimum Gasteiger partial charge on any atom is -0.493 e. The van der Waals surface area contributed by atoms with E-state index >= 15 is 0 Å². The van der Waals surface area contributed by atoms with Crippen molar-refractivity contribution in [2.75, 3.05) is 21.3 Å². The molecule has 0 amide bonds. The predicted molar refractivity (Wildman–Crippen MR) is 89.6 cm³/mol. The lowest BCUT2D eigenvalue weighted by Crippen LogP contribution is -2.18. The molecule has 0 saturated carbocycles. The molecule has 0 heterocycles. The molecule has 0 aliphatic rings. The lowest BCUT2D eigenvalue weighted by atomic mass is 9.98. The zero-order valence-electron chi connectivity index (χ0n) is 12.1. The van der Waals surface area contributed by atoms with Crippen LogP contribution in [0.25, 0.3) is 0 Å². The third-order valence-electron chi connectivity index (χ3n) is 3.30. The first-order valence-corrected chi connectivity index (χ1v) is 7.62. The van der Waals surface area contributed by atoms with Crippen LogP contribution in [0.3, 0.4) is 0 Å². The Kier molecular flexibility index (Phi) is 5.51. The molecule has 1 atom stereocenters. The van der Waals surface area contributed by atoms with Crippen LogP contribution in [0.2, 0.25) is 5.02 Å². The minimum atomic E-state index is -0.00196. The lowest BCUT2D eigenvalue weighted by Gasteiger charge is -2.20. The van der Waals surface area contributed by atoms with Crippen LogP contribution >= 0.6 is 27.5 Å². The Morgan fingerprint density at radius 1 is 1.05 bits per heavy atom. The van der Waals surface area contributed by atoms with Crippen molar-refractivity contribution in [1.82, 2.24) is 5.32 Å².